The van der Waals surface area contributed by atoms with Gasteiger partial charge < -0.3 is 0 Å². The third kappa shape index (κ3) is 3.46. The van der Waals surface area contributed by atoms with E-state index < -0.39 is 7.28 Å². The summed E-state index contributed by atoms with van der Waals surface area (Å²) in [6, 6.07) is 8.74. The molecule has 0 aliphatic rings. The standard InChI is InChI=1S/C12H17O3P/c1-3-10-16(13,14,11-4-2)15-12-8-6-5-7-9-12/h3-9,13-14H,1-2,10-11H2. The number of allylic oxidation sites excluding steroid dienone is 2. The van der Waals surface area contributed by atoms with Crippen LogP contribution in [0.2, 0.25) is 0 Å². The maximum absolute atomic E-state index is 10.3. The van der Waals surface area contributed by atoms with Crippen molar-refractivity contribution in [2.75, 3.05) is 12.3 Å². The van der Waals surface area contributed by atoms with Crippen molar-refractivity contribution in [2.24, 2.45) is 0 Å². The van der Waals surface area contributed by atoms with E-state index in [2.05, 4.69) is 13.2 Å². The Bertz CT molecular complexity index is 359. The van der Waals surface area contributed by atoms with E-state index in [0.29, 0.717) is 5.75 Å². The Morgan fingerprint density at radius 3 is 2.00 bits per heavy atom. The molecule has 0 amide bonds. The van der Waals surface area contributed by atoms with Gasteiger partial charge in [-0.25, -0.2) is 0 Å². The zero-order valence-electron chi connectivity index (χ0n) is 9.12. The van der Waals surface area contributed by atoms with Crippen molar-refractivity contribution in [3.63, 3.8) is 0 Å². The van der Waals surface area contributed by atoms with Crippen LogP contribution in [0.3, 0.4) is 0 Å². The van der Waals surface area contributed by atoms with Crippen LogP contribution in [0.15, 0.2) is 55.6 Å². The van der Waals surface area contributed by atoms with Crippen molar-refractivity contribution in [3.05, 3.63) is 55.6 Å². The molecule has 0 bridgehead atoms. The van der Waals surface area contributed by atoms with Crippen LogP contribution in [0.1, 0.15) is 0 Å². The van der Waals surface area contributed by atoms with Crippen molar-refractivity contribution in [1.82, 2.24) is 0 Å². The second kappa shape index (κ2) is 4.79. The van der Waals surface area contributed by atoms with E-state index in [4.69, 9.17) is 4.52 Å². The van der Waals surface area contributed by atoms with Crippen molar-refractivity contribution >= 4 is 7.28 Å². The fraction of sp³-hybridized carbons (Fsp3) is 0.167. The van der Waals surface area contributed by atoms with E-state index in [1.165, 1.54) is 12.2 Å². The van der Waals surface area contributed by atoms with Gasteiger partial charge in [0.25, 0.3) is 0 Å². The van der Waals surface area contributed by atoms with Gasteiger partial charge in [-0.1, -0.05) is 0 Å². The SMILES string of the molecule is C=CCP(O)(O)(CC=C)Oc1ccccc1. The van der Waals surface area contributed by atoms with Gasteiger partial charge in [0, 0.05) is 0 Å². The van der Waals surface area contributed by atoms with Gasteiger partial charge >= 0.3 is 95.3 Å². The van der Waals surface area contributed by atoms with Crippen LogP contribution in [0.5, 0.6) is 5.75 Å². The summed E-state index contributed by atoms with van der Waals surface area (Å²) in [5.41, 5.74) is 0. The Hall–Kier alpha value is -1.15. The summed E-state index contributed by atoms with van der Waals surface area (Å²) in [6.07, 6.45) is 2.94. The molecule has 0 spiro atoms. The van der Waals surface area contributed by atoms with Crippen molar-refractivity contribution < 1.29 is 14.3 Å². The maximum atomic E-state index is 10.3. The van der Waals surface area contributed by atoms with E-state index in [1.807, 2.05) is 6.07 Å². The molecule has 0 saturated carbocycles. The number of rotatable bonds is 6. The molecule has 16 heavy (non-hydrogen) atoms. The average molecular weight is 240 g/mol. The first kappa shape index (κ1) is 12.9. The predicted molar refractivity (Wildman–Crippen MR) is 68.6 cm³/mol. The molecule has 0 aromatic heterocycles. The predicted octanol–water partition coefficient (Wildman–Crippen LogP) is 2.72. The van der Waals surface area contributed by atoms with Crippen LogP contribution in [0.25, 0.3) is 0 Å². The number of para-hydroxylation sites is 1. The minimum absolute atomic E-state index is 0.0204. The Balaban J connectivity index is 2.95. The van der Waals surface area contributed by atoms with Gasteiger partial charge in [-0.3, -0.25) is 0 Å². The fourth-order valence-corrected chi connectivity index (χ4v) is 3.34. The molecule has 0 aliphatic heterocycles. The molecule has 4 heteroatoms. The van der Waals surface area contributed by atoms with Crippen LogP contribution in [-0.2, 0) is 0 Å². The third-order valence-electron chi connectivity index (χ3n) is 2.05. The second-order valence-electron chi connectivity index (χ2n) is 3.65. The average Bonchev–Trinajstić information content (AvgIpc) is 2.18. The number of hydrogen-bond acceptors (Lipinski definition) is 3. The van der Waals surface area contributed by atoms with E-state index >= 15 is 0 Å². The first-order chi connectivity index (χ1) is 7.48. The van der Waals surface area contributed by atoms with E-state index in [9.17, 15) is 9.79 Å². The van der Waals surface area contributed by atoms with E-state index in [0.717, 1.165) is 0 Å². The van der Waals surface area contributed by atoms with Gasteiger partial charge in [0.15, 0.2) is 0 Å². The molecule has 1 rings (SSSR count). The van der Waals surface area contributed by atoms with Gasteiger partial charge in [-0.05, 0) is 0 Å². The summed E-state index contributed by atoms with van der Waals surface area (Å²) in [6.45, 7) is 7.03. The van der Waals surface area contributed by atoms with Crippen LogP contribution in [0.4, 0.5) is 0 Å². The van der Waals surface area contributed by atoms with Crippen molar-refractivity contribution in [3.8, 4) is 5.75 Å². The molecule has 1 aromatic rings. The molecule has 2 N–H and O–H groups in total. The minimum atomic E-state index is -4.20. The molecule has 0 atom stereocenters. The zero-order chi connectivity index (χ0) is 12.1. The summed E-state index contributed by atoms with van der Waals surface area (Å²) in [7, 11) is -4.20. The Labute approximate surface area is 95.9 Å². The summed E-state index contributed by atoms with van der Waals surface area (Å²) in [5.74, 6) is 0.439. The van der Waals surface area contributed by atoms with Gasteiger partial charge in [0.05, 0.1) is 0 Å². The number of benzene rings is 1. The molecule has 3 nitrogen and oxygen atoms in total. The Morgan fingerprint density at radius 2 is 1.56 bits per heavy atom. The molecule has 0 fully saturated rings. The first-order valence-corrected chi connectivity index (χ1v) is 7.39. The Kier molecular flexibility index (Phi) is 3.87. The van der Waals surface area contributed by atoms with Crippen LogP contribution in [0, 0.1) is 0 Å². The monoisotopic (exact) mass is 240 g/mol. The fourth-order valence-electron chi connectivity index (χ4n) is 1.39. The molecule has 0 heterocycles. The summed E-state index contributed by atoms with van der Waals surface area (Å²) >= 11 is 0. The topological polar surface area (TPSA) is 49.7 Å². The van der Waals surface area contributed by atoms with E-state index in [-0.39, 0.29) is 12.3 Å². The molecule has 88 valence electrons. The van der Waals surface area contributed by atoms with Gasteiger partial charge in [0.2, 0.25) is 0 Å². The molecule has 0 radical (unpaired) electrons. The van der Waals surface area contributed by atoms with Crippen molar-refractivity contribution in [1.29, 1.82) is 0 Å². The van der Waals surface area contributed by atoms with Crippen LogP contribution in [-0.4, -0.2) is 22.1 Å². The Morgan fingerprint density at radius 1 is 1.06 bits per heavy atom. The van der Waals surface area contributed by atoms with Gasteiger partial charge in [-0.15, -0.1) is 0 Å². The zero-order valence-corrected chi connectivity index (χ0v) is 10.0. The second-order valence-corrected chi connectivity index (χ2v) is 7.16. The molecular weight excluding hydrogens is 223 g/mol. The van der Waals surface area contributed by atoms with Crippen molar-refractivity contribution in [2.45, 2.75) is 0 Å². The summed E-state index contributed by atoms with van der Waals surface area (Å²) in [4.78, 5) is 20.5. The molecule has 0 unspecified atom stereocenters. The van der Waals surface area contributed by atoms with Crippen LogP contribution < -0.4 is 4.52 Å². The van der Waals surface area contributed by atoms with Gasteiger partial charge in [-0.2, -0.15) is 0 Å². The normalized spacial score (nSPS) is 13.5. The molecule has 0 aliphatic carbocycles. The van der Waals surface area contributed by atoms with Crippen LogP contribution >= 0.6 is 7.28 Å². The summed E-state index contributed by atoms with van der Waals surface area (Å²) < 4.78 is 5.37. The van der Waals surface area contributed by atoms with Gasteiger partial charge in [0.1, 0.15) is 0 Å². The molecule has 0 saturated heterocycles. The quantitative estimate of drug-likeness (QED) is 0.593. The summed E-state index contributed by atoms with van der Waals surface area (Å²) in [5, 5.41) is 0. The first-order valence-electron chi connectivity index (χ1n) is 4.96. The third-order valence-corrected chi connectivity index (χ3v) is 4.67. The van der Waals surface area contributed by atoms with E-state index in [1.54, 1.807) is 24.3 Å². The molecular formula is C12H17O3P. The number of hydrogen-bond donors (Lipinski definition) is 2. The molecule has 1 aromatic carbocycles.